The lowest BCUT2D eigenvalue weighted by molar-refractivity contribution is -0.694. The van der Waals surface area contributed by atoms with Crippen LogP contribution in [-0.4, -0.2) is 0 Å². The normalized spacial score (nSPS) is 11.0. The van der Waals surface area contributed by atoms with E-state index < -0.39 is 0 Å². The van der Waals surface area contributed by atoms with Gasteiger partial charge in [-0.25, -0.2) is 4.57 Å². The molecule has 1 aromatic rings. The predicted molar refractivity (Wildman–Crippen MR) is 92.5 cm³/mol. The highest BCUT2D eigenvalue weighted by atomic mass is 14.9. The van der Waals surface area contributed by atoms with Crippen LogP contribution in [0.2, 0.25) is 0 Å². The Balaban J connectivity index is 1.90. The molecule has 1 heterocycles. The summed E-state index contributed by atoms with van der Waals surface area (Å²) in [5, 5.41) is 0. The van der Waals surface area contributed by atoms with Crippen LogP contribution in [0.5, 0.6) is 0 Å². The van der Waals surface area contributed by atoms with E-state index in [9.17, 15) is 0 Å². The van der Waals surface area contributed by atoms with Gasteiger partial charge < -0.3 is 0 Å². The van der Waals surface area contributed by atoms with Gasteiger partial charge in [0, 0.05) is 11.6 Å². The van der Waals surface area contributed by atoms with Crippen molar-refractivity contribution in [2.24, 2.45) is 0 Å². The van der Waals surface area contributed by atoms with Crippen LogP contribution in [0, 0.1) is 0 Å². The average molecular weight is 291 g/mol. The van der Waals surface area contributed by atoms with Gasteiger partial charge in [0.2, 0.25) is 0 Å². The first-order chi connectivity index (χ1) is 10.4. The average Bonchev–Trinajstić information content (AvgIpc) is 2.53. The largest absolute Gasteiger partial charge is 0.205 e. The highest BCUT2D eigenvalue weighted by Crippen LogP contribution is 2.12. The van der Waals surface area contributed by atoms with Crippen LogP contribution in [0.4, 0.5) is 0 Å². The van der Waals surface area contributed by atoms with Gasteiger partial charge in [-0.2, -0.15) is 0 Å². The lowest BCUT2D eigenvalue weighted by Crippen LogP contribution is -2.31. The molecule has 0 saturated heterocycles. The maximum Gasteiger partial charge on any atom is 0.171 e. The lowest BCUT2D eigenvalue weighted by Gasteiger charge is -2.03. The standard InChI is InChI=1S/C20H36N/c1-3-5-6-7-8-9-10-11-12-13-14-16-20-17-15-18-21(4-2)19-20/h15,17-19H,3-14,16H2,1-2H3/q+1. The quantitative estimate of drug-likeness (QED) is 0.317. The van der Waals surface area contributed by atoms with Crippen molar-refractivity contribution in [3.8, 4) is 0 Å². The molecule has 0 radical (unpaired) electrons. The summed E-state index contributed by atoms with van der Waals surface area (Å²) >= 11 is 0. The fourth-order valence-corrected chi connectivity index (χ4v) is 2.91. The molecule has 21 heavy (non-hydrogen) atoms. The van der Waals surface area contributed by atoms with E-state index in [4.69, 9.17) is 0 Å². The summed E-state index contributed by atoms with van der Waals surface area (Å²) in [6.07, 6.45) is 21.4. The highest BCUT2D eigenvalue weighted by molar-refractivity contribution is 5.05. The van der Waals surface area contributed by atoms with Crippen LogP contribution >= 0.6 is 0 Å². The number of hydrogen-bond acceptors (Lipinski definition) is 0. The molecular formula is C20H36N+. The molecule has 0 N–H and O–H groups in total. The van der Waals surface area contributed by atoms with Crippen LogP contribution < -0.4 is 4.57 Å². The second kappa shape index (κ2) is 12.9. The Labute approximate surface area is 132 Å². The number of rotatable bonds is 13. The summed E-state index contributed by atoms with van der Waals surface area (Å²) in [5.41, 5.74) is 1.50. The van der Waals surface area contributed by atoms with Crippen molar-refractivity contribution < 1.29 is 4.57 Å². The molecule has 1 aromatic heterocycles. The van der Waals surface area contributed by atoms with Crippen LogP contribution in [0.25, 0.3) is 0 Å². The maximum atomic E-state index is 2.30. The maximum absolute atomic E-state index is 2.30. The van der Waals surface area contributed by atoms with Gasteiger partial charge in [0.1, 0.15) is 6.54 Å². The van der Waals surface area contributed by atoms with E-state index in [0.29, 0.717) is 0 Å². The zero-order valence-corrected chi connectivity index (χ0v) is 14.4. The Bertz CT molecular complexity index is 345. The zero-order valence-electron chi connectivity index (χ0n) is 14.4. The topological polar surface area (TPSA) is 3.88 Å². The molecule has 0 bridgehead atoms. The monoisotopic (exact) mass is 290 g/mol. The van der Waals surface area contributed by atoms with Gasteiger partial charge in [-0.1, -0.05) is 71.1 Å². The van der Waals surface area contributed by atoms with E-state index in [1.807, 2.05) is 0 Å². The molecule has 0 aliphatic carbocycles. The second-order valence-corrected chi connectivity index (χ2v) is 6.33. The minimum Gasteiger partial charge on any atom is -0.205 e. The van der Waals surface area contributed by atoms with Crippen molar-refractivity contribution in [2.45, 2.75) is 97.4 Å². The second-order valence-electron chi connectivity index (χ2n) is 6.33. The van der Waals surface area contributed by atoms with Gasteiger partial charge in [0.05, 0.1) is 0 Å². The van der Waals surface area contributed by atoms with E-state index in [1.54, 1.807) is 0 Å². The Morgan fingerprint density at radius 1 is 0.762 bits per heavy atom. The summed E-state index contributed by atoms with van der Waals surface area (Å²) in [6, 6.07) is 4.44. The van der Waals surface area contributed by atoms with Crippen LogP contribution in [0.15, 0.2) is 24.5 Å². The Hall–Kier alpha value is -0.850. The third-order valence-electron chi connectivity index (χ3n) is 4.35. The molecule has 0 aliphatic heterocycles. The Kier molecular flexibility index (Phi) is 11.1. The molecule has 1 nitrogen and oxygen atoms in total. The molecule has 0 amide bonds. The predicted octanol–water partition coefficient (Wildman–Crippen LogP) is 5.85. The van der Waals surface area contributed by atoms with Crippen molar-refractivity contribution in [2.75, 3.05) is 0 Å². The molecule has 0 aliphatic rings. The minimum atomic E-state index is 1.08. The molecule has 0 atom stereocenters. The number of pyridine rings is 1. The molecule has 0 unspecified atom stereocenters. The highest BCUT2D eigenvalue weighted by Gasteiger charge is 2.00. The SMILES string of the molecule is CCCCCCCCCCCCCc1ccc[n+](CC)c1. The van der Waals surface area contributed by atoms with Gasteiger partial charge in [0.15, 0.2) is 12.4 Å². The molecular weight excluding hydrogens is 254 g/mol. The van der Waals surface area contributed by atoms with E-state index in [2.05, 4.69) is 42.9 Å². The fourth-order valence-electron chi connectivity index (χ4n) is 2.91. The van der Waals surface area contributed by atoms with E-state index in [0.717, 1.165) is 6.54 Å². The molecule has 120 valence electrons. The summed E-state index contributed by atoms with van der Waals surface area (Å²) < 4.78 is 2.27. The van der Waals surface area contributed by atoms with Crippen molar-refractivity contribution in [1.82, 2.24) is 0 Å². The van der Waals surface area contributed by atoms with Gasteiger partial charge in [0.25, 0.3) is 0 Å². The van der Waals surface area contributed by atoms with Gasteiger partial charge in [-0.15, -0.1) is 0 Å². The van der Waals surface area contributed by atoms with Gasteiger partial charge in [-0.3, -0.25) is 0 Å². The first kappa shape index (κ1) is 18.2. The summed E-state index contributed by atoms with van der Waals surface area (Å²) in [7, 11) is 0. The molecule has 1 rings (SSSR count). The number of nitrogens with zero attached hydrogens (tertiary/aromatic N) is 1. The number of hydrogen-bond donors (Lipinski definition) is 0. The zero-order chi connectivity index (χ0) is 15.2. The van der Waals surface area contributed by atoms with Crippen LogP contribution in [-0.2, 0) is 13.0 Å². The first-order valence-electron chi connectivity index (χ1n) is 9.34. The Morgan fingerprint density at radius 3 is 1.90 bits per heavy atom. The molecule has 0 spiro atoms. The lowest BCUT2D eigenvalue weighted by atomic mass is 10.0. The first-order valence-corrected chi connectivity index (χ1v) is 9.34. The minimum absolute atomic E-state index is 1.08. The van der Waals surface area contributed by atoms with Crippen molar-refractivity contribution in [1.29, 1.82) is 0 Å². The number of aryl methyl sites for hydroxylation is 2. The smallest absolute Gasteiger partial charge is 0.171 e. The molecule has 1 heteroatoms. The molecule has 0 saturated carbocycles. The Morgan fingerprint density at radius 2 is 1.33 bits per heavy atom. The summed E-state index contributed by atoms with van der Waals surface area (Å²) in [6.45, 7) is 5.56. The van der Waals surface area contributed by atoms with Crippen molar-refractivity contribution in [3.05, 3.63) is 30.1 Å². The molecule has 0 aromatic carbocycles. The molecule has 0 fully saturated rings. The van der Waals surface area contributed by atoms with Crippen LogP contribution in [0.1, 0.15) is 90.0 Å². The van der Waals surface area contributed by atoms with Crippen LogP contribution in [0.3, 0.4) is 0 Å². The van der Waals surface area contributed by atoms with E-state index in [-0.39, 0.29) is 0 Å². The summed E-state index contributed by atoms with van der Waals surface area (Å²) in [4.78, 5) is 0. The van der Waals surface area contributed by atoms with E-state index in [1.165, 1.54) is 82.6 Å². The van der Waals surface area contributed by atoms with Crippen molar-refractivity contribution >= 4 is 0 Å². The number of aromatic nitrogens is 1. The van der Waals surface area contributed by atoms with Crippen molar-refractivity contribution in [3.63, 3.8) is 0 Å². The fraction of sp³-hybridized carbons (Fsp3) is 0.750. The van der Waals surface area contributed by atoms with Gasteiger partial charge >= 0.3 is 0 Å². The third kappa shape index (κ3) is 9.66. The third-order valence-corrected chi connectivity index (χ3v) is 4.35. The van der Waals surface area contributed by atoms with Gasteiger partial charge in [-0.05, 0) is 25.8 Å². The van der Waals surface area contributed by atoms with E-state index >= 15 is 0 Å². The summed E-state index contributed by atoms with van der Waals surface area (Å²) in [5.74, 6) is 0. The number of unbranched alkanes of at least 4 members (excludes halogenated alkanes) is 10.